The molecule has 3 aromatic heterocycles. The summed E-state index contributed by atoms with van der Waals surface area (Å²) in [5.41, 5.74) is 11.6. The number of rotatable bonds is 15. The Bertz CT molecular complexity index is 1760. The van der Waals surface area contributed by atoms with E-state index in [0.717, 1.165) is 12.8 Å². The minimum atomic E-state index is -5.71. The Morgan fingerprint density at radius 2 is 1.70 bits per heavy atom. The van der Waals surface area contributed by atoms with Crippen molar-refractivity contribution < 1.29 is 101 Å². The number of nitrogens with two attached hydrogens (primary N) is 2. The summed E-state index contributed by atoms with van der Waals surface area (Å²) in [5.74, 6) is -0.0864. The smallest absolute Gasteiger partial charge is 0.756 e. The predicted molar refractivity (Wildman–Crippen MR) is 161 cm³/mol. The van der Waals surface area contributed by atoms with E-state index in [4.69, 9.17) is 20.9 Å². The van der Waals surface area contributed by atoms with Crippen LogP contribution in [0.15, 0.2) is 36.0 Å². The first-order chi connectivity index (χ1) is 23.1. The Morgan fingerprint density at radius 1 is 1.06 bits per heavy atom. The molecule has 21 nitrogen and oxygen atoms in total. The number of thioether (sulfide) groups is 1. The molecule has 10 unspecified atom stereocenters. The maximum atomic E-state index is 12.5. The third-order valence-corrected chi connectivity index (χ3v) is 11.1. The average Bonchev–Trinajstić information content (AvgIpc) is 3.65. The van der Waals surface area contributed by atoms with Gasteiger partial charge in [0.1, 0.15) is 42.4 Å². The Morgan fingerprint density at radius 3 is 2.34 bits per heavy atom. The molecular weight excluding hydrogens is 739 g/mol. The Hall–Kier alpha value is -1.66. The quantitative estimate of drug-likeness (QED) is 0.0276. The second-order valence-electron chi connectivity index (χ2n) is 11.0. The van der Waals surface area contributed by atoms with Crippen LogP contribution in [0.2, 0.25) is 0 Å². The van der Waals surface area contributed by atoms with Crippen LogP contribution < -0.4 is 55.4 Å². The maximum absolute atomic E-state index is 12.5. The van der Waals surface area contributed by atoms with Gasteiger partial charge in [-0.05, 0) is 12.5 Å². The summed E-state index contributed by atoms with van der Waals surface area (Å²) in [6.07, 6.45) is -6.77. The fourth-order valence-electron chi connectivity index (χ4n) is 5.03. The molecule has 5 rings (SSSR count). The zero-order valence-electron chi connectivity index (χ0n) is 26.6. The molecule has 2 saturated heterocycles. The molecule has 270 valence electrons. The monoisotopic (exact) mass is 773 g/mol. The average molecular weight is 774 g/mol. The van der Waals surface area contributed by atoms with E-state index in [1.54, 1.807) is 0 Å². The molecule has 8 N–H and O–H groups in total. The molecule has 0 radical (unpaired) electrons. The van der Waals surface area contributed by atoms with Gasteiger partial charge in [0.2, 0.25) is 0 Å². The van der Waals surface area contributed by atoms with Gasteiger partial charge in [-0.15, -0.1) is 0 Å². The number of hydrogen-bond donors (Lipinski definition) is 6. The van der Waals surface area contributed by atoms with Crippen LogP contribution in [0.3, 0.4) is 0 Å². The summed E-state index contributed by atoms with van der Waals surface area (Å²) in [7, 11) is -11.4. The molecule has 5 heterocycles. The maximum Gasteiger partial charge on any atom is 1.00 e. The van der Waals surface area contributed by atoms with Crippen LogP contribution in [0.25, 0.3) is 11.2 Å². The van der Waals surface area contributed by atoms with Crippen molar-refractivity contribution in [2.24, 2.45) is 5.73 Å². The second kappa shape index (κ2) is 17.0. The number of nitrogen functional groups attached to an aromatic ring is 1. The van der Waals surface area contributed by atoms with Crippen LogP contribution >= 0.6 is 27.4 Å². The zero-order valence-corrected chi connectivity index (χ0v) is 31.2. The van der Waals surface area contributed by atoms with E-state index in [1.165, 1.54) is 51.7 Å². The van der Waals surface area contributed by atoms with E-state index in [9.17, 15) is 44.1 Å². The van der Waals surface area contributed by atoms with Crippen molar-refractivity contribution in [3.63, 3.8) is 0 Å². The fraction of sp³-hybridized carbons (Fsp3) is 0.560. The van der Waals surface area contributed by atoms with Crippen molar-refractivity contribution in [1.82, 2.24) is 19.5 Å². The summed E-state index contributed by atoms with van der Waals surface area (Å²) in [4.78, 5) is 48.9. The van der Waals surface area contributed by atoms with Gasteiger partial charge in [-0.1, -0.05) is 25.1 Å². The third-order valence-electron chi connectivity index (χ3n) is 7.53. The van der Waals surface area contributed by atoms with Crippen LogP contribution in [-0.2, 0) is 32.0 Å². The molecule has 2 aliphatic rings. The first kappa shape index (κ1) is 41.1. The standard InChI is InChI=1S/C25H35N7O14P2S.Na/c1-2-3-7-49-25-30-15-20(26)28-11-29-22(15)32(25)24-19(36)17(34)14(45-24)10-43-48(40,41)46-47(38,39)42-9-13-16(33)18(35)23(44-13)31-6-4-5-12(8-31)21(27)37;/h4-6,8,11,13-14,16-19,23-24,33-36H,2-3,7,9-10H2,1H3,(H5-,26,27,28,29,37,38,39,40,41);/q;+1/p-1. The number of imidazole rings is 1. The Balaban J connectivity index is 0.00000562. The summed E-state index contributed by atoms with van der Waals surface area (Å²) in [5, 5.41) is 42.7. The van der Waals surface area contributed by atoms with Crippen molar-refractivity contribution in [2.45, 2.75) is 74.0 Å². The van der Waals surface area contributed by atoms with Gasteiger partial charge in [0, 0.05) is 11.8 Å². The van der Waals surface area contributed by atoms with E-state index >= 15 is 0 Å². The van der Waals surface area contributed by atoms with Crippen molar-refractivity contribution in [2.75, 3.05) is 24.7 Å². The number of pyridine rings is 1. The first-order valence-electron chi connectivity index (χ1n) is 14.7. The van der Waals surface area contributed by atoms with Crippen molar-refractivity contribution in [1.29, 1.82) is 0 Å². The molecule has 1 amide bonds. The zero-order chi connectivity index (χ0) is 35.7. The number of aromatic nitrogens is 5. The number of anilines is 1. The van der Waals surface area contributed by atoms with Gasteiger partial charge in [0.15, 0.2) is 46.9 Å². The number of aliphatic hydroxyl groups is 4. The molecule has 2 fully saturated rings. The number of phosphoric ester groups is 2. The number of carbonyl (C=O) groups excluding carboxylic acids is 1. The molecule has 10 atom stereocenters. The van der Waals surface area contributed by atoms with Gasteiger partial charge >= 0.3 is 29.6 Å². The topological polar surface area (TPSA) is 324 Å². The molecule has 0 saturated carbocycles. The van der Waals surface area contributed by atoms with E-state index in [1.807, 2.05) is 6.92 Å². The first-order valence-corrected chi connectivity index (χ1v) is 18.6. The molecular formula is C25H34N7NaO14P2S. The Labute approximate surface area is 310 Å². The minimum Gasteiger partial charge on any atom is -0.756 e. The number of nitrogens with zero attached hydrogens (tertiary/aromatic N) is 5. The van der Waals surface area contributed by atoms with Crippen molar-refractivity contribution >= 4 is 50.3 Å². The van der Waals surface area contributed by atoms with Crippen LogP contribution in [0, 0.1) is 0 Å². The minimum absolute atomic E-state index is 0. The van der Waals surface area contributed by atoms with E-state index in [-0.39, 0.29) is 52.1 Å². The molecule has 2 aliphatic heterocycles. The van der Waals surface area contributed by atoms with Gasteiger partial charge in [0.05, 0.1) is 13.2 Å². The van der Waals surface area contributed by atoms with Crippen LogP contribution in [0.5, 0.6) is 0 Å². The number of ether oxygens (including phenoxy) is 2. The van der Waals surface area contributed by atoms with Crippen LogP contribution in [0.1, 0.15) is 42.6 Å². The third kappa shape index (κ3) is 9.28. The van der Waals surface area contributed by atoms with Gasteiger partial charge in [-0.25, -0.2) is 19.3 Å². The molecule has 3 aromatic rings. The van der Waals surface area contributed by atoms with Crippen molar-refractivity contribution in [3.05, 3.63) is 36.4 Å². The number of unbranched alkanes of at least 4 members (excludes halogenated alkanes) is 1. The molecule has 0 aromatic carbocycles. The summed E-state index contributed by atoms with van der Waals surface area (Å²) >= 11 is 1.31. The summed E-state index contributed by atoms with van der Waals surface area (Å²) in [6.45, 7) is 0.0189. The molecule has 0 bridgehead atoms. The fourth-order valence-corrected chi connectivity index (χ4v) is 8.15. The van der Waals surface area contributed by atoms with Crippen LogP contribution in [0.4, 0.5) is 5.82 Å². The van der Waals surface area contributed by atoms with Gasteiger partial charge in [0.25, 0.3) is 27.8 Å². The number of aliphatic hydroxyl groups excluding tert-OH is 4. The van der Waals surface area contributed by atoms with Crippen molar-refractivity contribution in [3.8, 4) is 0 Å². The van der Waals surface area contributed by atoms with Gasteiger partial charge in [-0.3, -0.25) is 18.5 Å². The second-order valence-corrected chi connectivity index (χ2v) is 15.0. The number of carbonyl (C=O) groups is 1. The molecule has 25 heteroatoms. The Kier molecular flexibility index (Phi) is 14.0. The normalized spacial score (nSPS) is 29.0. The van der Waals surface area contributed by atoms with E-state index in [0.29, 0.717) is 10.9 Å². The molecule has 50 heavy (non-hydrogen) atoms. The van der Waals surface area contributed by atoms with E-state index in [2.05, 4.69) is 28.3 Å². The number of fused-ring (bicyclic) bond motifs is 1. The van der Waals surface area contributed by atoms with E-state index < -0.39 is 83.8 Å². The number of hydrogen-bond acceptors (Lipinski definition) is 19. The SMILES string of the molecule is CCCCSc1nc2c(N)ncnc2n1C1OC(COP(=O)([O-])OP(=O)([O-])OCC2OC([n+]3cccc(C(N)=O)c3)C(O)C2O)C(O)C1O.[Na+]. The van der Waals surface area contributed by atoms with Gasteiger partial charge in [-0.2, -0.15) is 4.57 Å². The summed E-state index contributed by atoms with van der Waals surface area (Å²) in [6, 6.07) is 2.81. The summed E-state index contributed by atoms with van der Waals surface area (Å²) < 4.78 is 52.1. The molecule has 0 spiro atoms. The number of phosphoric acid groups is 2. The predicted octanol–water partition coefficient (Wildman–Crippen LogP) is -5.38. The van der Waals surface area contributed by atoms with Crippen LogP contribution in [-0.4, -0.2) is 101 Å². The molecule has 0 aliphatic carbocycles. The number of primary amides is 1. The largest absolute Gasteiger partial charge is 1.00 e. The number of amides is 1. The van der Waals surface area contributed by atoms with Gasteiger partial charge < -0.3 is 60.2 Å².